The number of anilines is 1. The van der Waals surface area contributed by atoms with Gasteiger partial charge in [-0.05, 0) is 6.07 Å². The minimum Gasteiger partial charge on any atom is -0.383 e. The van der Waals surface area contributed by atoms with E-state index in [9.17, 15) is 4.79 Å². The quantitative estimate of drug-likeness (QED) is 0.647. The highest BCUT2D eigenvalue weighted by Gasteiger charge is 2.03. The third-order valence-corrected chi connectivity index (χ3v) is 1.54. The van der Waals surface area contributed by atoms with Crippen molar-refractivity contribution < 1.29 is 0 Å². The van der Waals surface area contributed by atoms with Crippen LogP contribution in [0.2, 0.25) is 0 Å². The Kier molecular flexibility index (Phi) is 1.94. The smallest absolute Gasteiger partial charge is 0.253 e. The van der Waals surface area contributed by atoms with Crippen molar-refractivity contribution in [3.63, 3.8) is 0 Å². The Morgan fingerprint density at radius 3 is 2.64 bits per heavy atom. The molecular weight excluding hydrogens is 182 g/mol. The van der Waals surface area contributed by atoms with Crippen LogP contribution in [-0.2, 0) is 0 Å². The van der Waals surface area contributed by atoms with Crippen LogP contribution in [0.3, 0.4) is 0 Å². The summed E-state index contributed by atoms with van der Waals surface area (Å²) in [6, 6.07) is 2.88. The first-order valence-electron chi connectivity index (χ1n) is 3.90. The van der Waals surface area contributed by atoms with Gasteiger partial charge in [-0.1, -0.05) is 0 Å². The van der Waals surface area contributed by atoms with Crippen molar-refractivity contribution in [3.05, 3.63) is 34.9 Å². The maximum Gasteiger partial charge on any atom is 0.253 e. The van der Waals surface area contributed by atoms with Crippen molar-refractivity contribution >= 4 is 5.82 Å². The summed E-state index contributed by atoms with van der Waals surface area (Å²) in [7, 11) is 0. The Bertz CT molecular complexity index is 493. The van der Waals surface area contributed by atoms with E-state index in [1.807, 2.05) is 0 Å². The number of aromatic nitrogens is 4. The van der Waals surface area contributed by atoms with Crippen molar-refractivity contribution in [2.75, 3.05) is 5.73 Å². The van der Waals surface area contributed by atoms with E-state index in [-0.39, 0.29) is 17.2 Å². The summed E-state index contributed by atoms with van der Waals surface area (Å²) in [4.78, 5) is 25.3. The fourth-order valence-corrected chi connectivity index (χ4v) is 1.00. The molecule has 0 unspecified atom stereocenters. The Morgan fingerprint density at radius 1 is 1.29 bits per heavy atom. The van der Waals surface area contributed by atoms with E-state index in [1.165, 1.54) is 6.07 Å². The highest BCUT2D eigenvalue weighted by atomic mass is 16.1. The molecule has 2 rings (SSSR count). The van der Waals surface area contributed by atoms with E-state index < -0.39 is 0 Å². The lowest BCUT2D eigenvalue weighted by atomic mass is 10.5. The van der Waals surface area contributed by atoms with Crippen LogP contribution in [0.15, 0.2) is 29.3 Å². The largest absolute Gasteiger partial charge is 0.383 e. The molecule has 0 aliphatic heterocycles. The van der Waals surface area contributed by atoms with Gasteiger partial charge in [-0.2, -0.15) is 0 Å². The average molecular weight is 189 g/mol. The van der Waals surface area contributed by atoms with E-state index in [1.54, 1.807) is 18.5 Å². The lowest BCUT2D eigenvalue weighted by Gasteiger charge is -1.98. The predicted octanol–water partition coefficient (Wildman–Crippen LogP) is -0.191. The highest BCUT2D eigenvalue weighted by Crippen LogP contribution is 2.05. The van der Waals surface area contributed by atoms with Gasteiger partial charge in [0.05, 0.1) is 0 Å². The monoisotopic (exact) mass is 189 g/mol. The van der Waals surface area contributed by atoms with Crippen LogP contribution in [0.4, 0.5) is 5.82 Å². The van der Waals surface area contributed by atoms with Crippen molar-refractivity contribution in [2.45, 2.75) is 0 Å². The second-order valence-corrected chi connectivity index (χ2v) is 2.59. The van der Waals surface area contributed by atoms with Gasteiger partial charge in [-0.3, -0.25) is 4.79 Å². The Labute approximate surface area is 78.9 Å². The van der Waals surface area contributed by atoms with Crippen LogP contribution in [-0.4, -0.2) is 19.9 Å². The van der Waals surface area contributed by atoms with Crippen LogP contribution in [0.1, 0.15) is 0 Å². The molecule has 2 aromatic rings. The van der Waals surface area contributed by atoms with Gasteiger partial charge in [0.15, 0.2) is 11.6 Å². The summed E-state index contributed by atoms with van der Waals surface area (Å²) in [5, 5.41) is 0. The molecule has 2 aromatic heterocycles. The van der Waals surface area contributed by atoms with Crippen LogP contribution >= 0.6 is 0 Å². The zero-order chi connectivity index (χ0) is 9.97. The lowest BCUT2D eigenvalue weighted by Crippen LogP contribution is -2.10. The maximum atomic E-state index is 11.1. The summed E-state index contributed by atoms with van der Waals surface area (Å²) in [6.07, 6.45) is 3.12. The van der Waals surface area contributed by atoms with Crippen LogP contribution < -0.4 is 11.3 Å². The number of rotatable bonds is 1. The molecule has 0 aromatic carbocycles. The van der Waals surface area contributed by atoms with Crippen LogP contribution in [0.25, 0.3) is 11.6 Å². The summed E-state index contributed by atoms with van der Waals surface area (Å²) in [5.41, 5.74) is 5.09. The third-order valence-electron chi connectivity index (χ3n) is 1.54. The first-order chi connectivity index (χ1) is 6.75. The minimum absolute atomic E-state index is 0.149. The van der Waals surface area contributed by atoms with Crippen molar-refractivity contribution in [3.8, 4) is 11.6 Å². The van der Waals surface area contributed by atoms with Crippen molar-refractivity contribution in [1.29, 1.82) is 0 Å². The molecule has 6 nitrogen and oxygen atoms in total. The molecule has 0 saturated carbocycles. The summed E-state index contributed by atoms with van der Waals surface area (Å²) >= 11 is 0. The molecule has 70 valence electrons. The van der Waals surface area contributed by atoms with E-state index in [4.69, 9.17) is 5.73 Å². The highest BCUT2D eigenvalue weighted by molar-refractivity contribution is 5.45. The number of nitrogens with zero attached hydrogens (tertiary/aromatic N) is 3. The van der Waals surface area contributed by atoms with Gasteiger partial charge in [0, 0.05) is 18.5 Å². The maximum absolute atomic E-state index is 11.1. The normalized spacial score (nSPS) is 10.0. The number of aromatic amines is 1. The molecule has 0 amide bonds. The summed E-state index contributed by atoms with van der Waals surface area (Å²) in [6.45, 7) is 0. The van der Waals surface area contributed by atoms with Gasteiger partial charge in [0.2, 0.25) is 0 Å². The van der Waals surface area contributed by atoms with E-state index in [0.29, 0.717) is 5.82 Å². The molecular formula is C8H7N5O. The number of hydrogen-bond donors (Lipinski definition) is 2. The second-order valence-electron chi connectivity index (χ2n) is 2.59. The third kappa shape index (κ3) is 1.58. The van der Waals surface area contributed by atoms with Gasteiger partial charge in [-0.15, -0.1) is 0 Å². The Hall–Kier alpha value is -2.24. The lowest BCUT2D eigenvalue weighted by molar-refractivity contribution is 1.06. The number of hydrogen-bond acceptors (Lipinski definition) is 5. The Balaban J connectivity index is 2.58. The number of nitrogens with two attached hydrogens (primary N) is 1. The molecule has 14 heavy (non-hydrogen) atoms. The van der Waals surface area contributed by atoms with Gasteiger partial charge in [0.25, 0.3) is 5.56 Å². The first-order valence-corrected chi connectivity index (χ1v) is 3.90. The standard InChI is InChI=1S/C8H7N5O/c9-5-4-6(14)13-8(12-5)7-10-2-1-3-11-7/h1-4H,(H3,9,12,13,14). The van der Waals surface area contributed by atoms with Gasteiger partial charge < -0.3 is 10.7 Å². The fourth-order valence-electron chi connectivity index (χ4n) is 1.00. The summed E-state index contributed by atoms with van der Waals surface area (Å²) < 4.78 is 0. The minimum atomic E-state index is -0.319. The molecule has 6 heteroatoms. The average Bonchev–Trinajstić information content (AvgIpc) is 2.18. The summed E-state index contributed by atoms with van der Waals surface area (Å²) in [5.74, 6) is 0.767. The van der Waals surface area contributed by atoms with Gasteiger partial charge in [-0.25, -0.2) is 15.0 Å². The molecule has 2 heterocycles. The molecule has 0 radical (unpaired) electrons. The molecule has 3 N–H and O–H groups in total. The predicted molar refractivity (Wildman–Crippen MR) is 50.3 cm³/mol. The molecule has 0 saturated heterocycles. The fraction of sp³-hybridized carbons (Fsp3) is 0. The van der Waals surface area contributed by atoms with E-state index in [2.05, 4.69) is 19.9 Å². The molecule has 0 aliphatic carbocycles. The zero-order valence-corrected chi connectivity index (χ0v) is 7.14. The van der Waals surface area contributed by atoms with Gasteiger partial charge >= 0.3 is 0 Å². The molecule has 0 aliphatic rings. The number of nitrogens with one attached hydrogen (secondary N) is 1. The number of H-pyrrole nitrogens is 1. The second kappa shape index (κ2) is 3.25. The Morgan fingerprint density at radius 2 is 2.00 bits per heavy atom. The SMILES string of the molecule is Nc1cc(=O)[nH]c(-c2ncccn2)n1. The molecule has 0 fully saturated rings. The van der Waals surface area contributed by atoms with Crippen LogP contribution in [0, 0.1) is 0 Å². The molecule has 0 bridgehead atoms. The molecule has 0 spiro atoms. The van der Waals surface area contributed by atoms with Crippen LogP contribution in [0.5, 0.6) is 0 Å². The van der Waals surface area contributed by atoms with Crippen molar-refractivity contribution in [2.24, 2.45) is 0 Å². The zero-order valence-electron chi connectivity index (χ0n) is 7.14. The van der Waals surface area contributed by atoms with Crippen molar-refractivity contribution in [1.82, 2.24) is 19.9 Å². The van der Waals surface area contributed by atoms with E-state index >= 15 is 0 Å². The molecule has 0 atom stereocenters. The first kappa shape index (κ1) is 8.36. The number of nitrogen functional groups attached to an aromatic ring is 1. The van der Waals surface area contributed by atoms with Gasteiger partial charge in [0.1, 0.15) is 5.82 Å². The topological polar surface area (TPSA) is 97.6 Å². The van der Waals surface area contributed by atoms with E-state index in [0.717, 1.165) is 0 Å².